The van der Waals surface area contributed by atoms with Crippen LogP contribution >= 0.6 is 10.0 Å². The van der Waals surface area contributed by atoms with Gasteiger partial charge in [-0.3, -0.25) is 0 Å². The molecule has 0 amide bonds. The molecule has 3 atom stereocenters. The van der Waals surface area contributed by atoms with Crippen LogP contribution in [0.1, 0.15) is 58.3 Å². The molecule has 3 fully saturated rings. The first-order valence-electron chi connectivity index (χ1n) is 13.5. The Morgan fingerprint density at radius 2 is 1.74 bits per heavy atom. The molecule has 38 heavy (non-hydrogen) atoms. The second-order valence-electron chi connectivity index (χ2n) is 11.3. The number of hydrogen-bond donors (Lipinski definition) is 0. The van der Waals surface area contributed by atoms with E-state index in [1.807, 2.05) is 19.1 Å². The number of rotatable bonds is 10. The van der Waals surface area contributed by atoms with Crippen molar-refractivity contribution in [1.82, 2.24) is 0 Å². The number of hydrogen-bond acceptors (Lipinski definition) is 4. The highest BCUT2D eigenvalue weighted by Gasteiger charge is 2.72. The van der Waals surface area contributed by atoms with Gasteiger partial charge in [-0.15, -0.1) is 0 Å². The van der Waals surface area contributed by atoms with Crippen LogP contribution in [0.2, 0.25) is 0 Å². The van der Waals surface area contributed by atoms with Gasteiger partial charge in [0, 0.05) is 21.6 Å². The summed E-state index contributed by atoms with van der Waals surface area (Å²) in [6, 6.07) is 8.20. The summed E-state index contributed by atoms with van der Waals surface area (Å²) in [5.74, 6) is -5.06. The van der Waals surface area contributed by atoms with Crippen molar-refractivity contribution in [3.8, 4) is 11.5 Å². The summed E-state index contributed by atoms with van der Waals surface area (Å²) in [6.07, 6.45) is 7.40. The topological polar surface area (TPSA) is 52.6 Å². The van der Waals surface area contributed by atoms with E-state index >= 15 is 17.6 Å². The Balaban J connectivity index is 1.56. The summed E-state index contributed by atoms with van der Waals surface area (Å²) in [7, 11) is -7.40. The van der Waals surface area contributed by atoms with Gasteiger partial charge in [0.2, 0.25) is 0 Å². The molecule has 0 N–H and O–H groups in total. The summed E-state index contributed by atoms with van der Waals surface area (Å²) in [4.78, 5) is 0.835. The van der Waals surface area contributed by atoms with E-state index in [2.05, 4.69) is 6.26 Å². The summed E-state index contributed by atoms with van der Waals surface area (Å²) < 4.78 is 98.2. The Hall–Kier alpha value is -1.68. The highest BCUT2D eigenvalue weighted by Crippen LogP contribution is 2.62. The van der Waals surface area contributed by atoms with E-state index in [0.29, 0.717) is 36.0 Å². The lowest BCUT2D eigenvalue weighted by molar-refractivity contribution is -0.202. The van der Waals surface area contributed by atoms with E-state index < -0.39 is 43.2 Å². The second-order valence-corrected chi connectivity index (χ2v) is 16.7. The van der Waals surface area contributed by atoms with Crippen molar-refractivity contribution in [2.75, 3.05) is 24.4 Å². The average molecular weight is 577 g/mol. The molecule has 2 bridgehead atoms. The molecule has 2 aliphatic carbocycles. The number of ether oxygens (including phenoxy) is 1. The van der Waals surface area contributed by atoms with Crippen molar-refractivity contribution < 1.29 is 34.9 Å². The monoisotopic (exact) mass is 576 g/mol. The Bertz CT molecular complexity index is 1290. The van der Waals surface area contributed by atoms with Gasteiger partial charge in [0.05, 0.1) is 6.61 Å². The van der Waals surface area contributed by atoms with Crippen molar-refractivity contribution in [3.63, 3.8) is 0 Å². The summed E-state index contributed by atoms with van der Waals surface area (Å²) in [5, 5.41) is -4.46. The van der Waals surface area contributed by atoms with Crippen LogP contribution in [0.25, 0.3) is 10.8 Å². The minimum Gasteiger partial charge on any atom is -0.493 e. The van der Waals surface area contributed by atoms with Gasteiger partial charge in [0.1, 0.15) is 5.75 Å². The Morgan fingerprint density at radius 3 is 2.37 bits per heavy atom. The zero-order valence-corrected chi connectivity index (χ0v) is 23.5. The third kappa shape index (κ3) is 4.57. The zero-order valence-electron chi connectivity index (χ0n) is 21.9. The maximum absolute atomic E-state index is 15.3. The van der Waals surface area contributed by atoms with Crippen LogP contribution in [0.4, 0.5) is 17.6 Å². The predicted molar refractivity (Wildman–Crippen MR) is 143 cm³/mol. The van der Waals surface area contributed by atoms with E-state index in [1.165, 1.54) is 12.1 Å². The van der Waals surface area contributed by atoms with Crippen molar-refractivity contribution >= 4 is 30.9 Å². The SMILES string of the molecule is CCCCOc1ccc(S2(C)CCCC2)c2c(OS(=O)(=O)C(F)(F)C(F)(F)C3CC4CCC3C4)cccc12. The minimum atomic E-state index is -6.02. The first kappa shape index (κ1) is 27.9. The summed E-state index contributed by atoms with van der Waals surface area (Å²) >= 11 is 0. The first-order valence-corrected chi connectivity index (χ1v) is 17.3. The molecule has 3 aliphatic rings. The van der Waals surface area contributed by atoms with Gasteiger partial charge in [-0.25, -0.2) is 10.0 Å². The van der Waals surface area contributed by atoms with Crippen molar-refractivity contribution in [2.24, 2.45) is 17.8 Å². The van der Waals surface area contributed by atoms with Gasteiger partial charge in [-0.05, 0) is 86.3 Å². The molecule has 1 saturated heterocycles. The smallest absolute Gasteiger partial charge is 0.442 e. The van der Waals surface area contributed by atoms with E-state index in [0.717, 1.165) is 48.5 Å². The first-order chi connectivity index (χ1) is 17.9. The zero-order chi connectivity index (χ0) is 27.3. The molecular formula is C28H36F4O4S2. The van der Waals surface area contributed by atoms with E-state index in [1.54, 1.807) is 6.07 Å². The summed E-state index contributed by atoms with van der Waals surface area (Å²) in [6.45, 7) is 2.46. The van der Waals surface area contributed by atoms with Gasteiger partial charge >= 0.3 is 21.3 Å². The lowest BCUT2D eigenvalue weighted by Gasteiger charge is -2.35. The number of unbranched alkanes of at least 4 members (excludes halogenated alkanes) is 1. The number of alkyl halides is 4. The molecule has 3 unspecified atom stereocenters. The molecule has 0 spiro atoms. The largest absolute Gasteiger partial charge is 0.493 e. The van der Waals surface area contributed by atoms with Gasteiger partial charge < -0.3 is 8.92 Å². The fourth-order valence-corrected chi connectivity index (χ4v) is 11.0. The lowest BCUT2D eigenvalue weighted by Crippen LogP contribution is -2.54. The Morgan fingerprint density at radius 1 is 1.00 bits per heavy atom. The molecule has 2 aromatic rings. The Kier molecular flexibility index (Phi) is 7.38. The molecule has 2 aromatic carbocycles. The summed E-state index contributed by atoms with van der Waals surface area (Å²) in [5.41, 5.74) is 0. The molecule has 212 valence electrons. The average Bonchev–Trinajstić information content (AvgIpc) is 3.62. The van der Waals surface area contributed by atoms with Crippen LogP contribution in [0, 0.1) is 17.8 Å². The fraction of sp³-hybridized carbons (Fsp3) is 0.643. The maximum atomic E-state index is 15.3. The maximum Gasteiger partial charge on any atom is 0.442 e. The van der Waals surface area contributed by atoms with E-state index in [-0.39, 0.29) is 18.1 Å². The third-order valence-electron chi connectivity index (χ3n) is 8.76. The molecular weight excluding hydrogens is 540 g/mol. The van der Waals surface area contributed by atoms with Gasteiger partial charge in [-0.1, -0.05) is 31.9 Å². The number of halogens is 4. The molecule has 1 aliphatic heterocycles. The molecule has 0 radical (unpaired) electrons. The van der Waals surface area contributed by atoms with Crippen molar-refractivity contribution in [1.29, 1.82) is 0 Å². The van der Waals surface area contributed by atoms with Crippen LogP contribution in [0.5, 0.6) is 11.5 Å². The molecule has 1 heterocycles. The van der Waals surface area contributed by atoms with Crippen LogP contribution in [-0.2, 0) is 10.1 Å². The highest BCUT2D eigenvalue weighted by molar-refractivity contribution is 8.33. The second kappa shape index (κ2) is 10.1. The van der Waals surface area contributed by atoms with Crippen molar-refractivity contribution in [3.05, 3.63) is 30.3 Å². The molecule has 2 saturated carbocycles. The van der Waals surface area contributed by atoms with Crippen LogP contribution < -0.4 is 8.92 Å². The fourth-order valence-electron chi connectivity index (χ4n) is 6.65. The predicted octanol–water partition coefficient (Wildman–Crippen LogP) is 7.98. The van der Waals surface area contributed by atoms with Gasteiger partial charge in [0.15, 0.2) is 5.75 Å². The molecule has 0 aromatic heterocycles. The normalized spacial score (nSPS) is 26.1. The van der Waals surface area contributed by atoms with E-state index in [4.69, 9.17) is 8.92 Å². The number of benzene rings is 2. The standard InChI is InChI=1S/C28H36F4O4S2/c1-3-4-14-35-23-12-13-25(37(2)15-5-6-16-37)26-21(23)8-7-9-24(26)36-38(33,34)28(31,32)27(29,30)22-18-19-10-11-20(22)17-19/h7-9,12-13,19-20,22H,3-6,10-11,14-18H2,1-2H3. The lowest BCUT2D eigenvalue weighted by atomic mass is 9.84. The van der Waals surface area contributed by atoms with E-state index in [9.17, 15) is 8.42 Å². The quantitative estimate of drug-likeness (QED) is 0.164. The highest BCUT2D eigenvalue weighted by atomic mass is 32.3. The minimum absolute atomic E-state index is 0.0443. The molecule has 5 rings (SSSR count). The van der Waals surface area contributed by atoms with Crippen LogP contribution in [0.15, 0.2) is 35.2 Å². The van der Waals surface area contributed by atoms with Crippen molar-refractivity contribution in [2.45, 2.75) is 74.4 Å². The van der Waals surface area contributed by atoms with Gasteiger partial charge in [-0.2, -0.15) is 26.0 Å². The molecule has 10 heteroatoms. The third-order valence-corrected chi connectivity index (χ3v) is 13.8. The van der Waals surface area contributed by atoms with Gasteiger partial charge in [0.25, 0.3) is 0 Å². The van der Waals surface area contributed by atoms with Crippen LogP contribution in [0.3, 0.4) is 0 Å². The van der Waals surface area contributed by atoms with Crippen LogP contribution in [-0.4, -0.2) is 44.0 Å². The number of fused-ring (bicyclic) bond motifs is 3. The Labute approximate surface area is 223 Å². The molecule has 4 nitrogen and oxygen atoms in total.